The summed E-state index contributed by atoms with van der Waals surface area (Å²) in [6.07, 6.45) is -8.84. The van der Waals surface area contributed by atoms with E-state index >= 15 is 0 Å². The van der Waals surface area contributed by atoms with Crippen LogP contribution in [-0.2, 0) is 9.53 Å². The van der Waals surface area contributed by atoms with Crippen molar-refractivity contribution in [2.45, 2.75) is 44.1 Å². The van der Waals surface area contributed by atoms with E-state index < -0.39 is 65.1 Å². The second-order valence-corrected chi connectivity index (χ2v) is 8.13. The largest absolute Gasteiger partial charge is 0.493 e. The van der Waals surface area contributed by atoms with Gasteiger partial charge in [-0.25, -0.2) is 13.2 Å². The van der Waals surface area contributed by atoms with Crippen LogP contribution < -0.4 is 15.8 Å². The Balaban J connectivity index is 2.10. The molecule has 1 aromatic carbocycles. The Bertz CT molecular complexity index is 1140. The first-order valence-electron chi connectivity index (χ1n) is 10.2. The highest BCUT2D eigenvalue weighted by Gasteiger charge is 2.65. The van der Waals surface area contributed by atoms with Crippen LogP contribution in [0.4, 0.5) is 32.0 Å². The second-order valence-electron chi connectivity index (χ2n) is 8.13. The van der Waals surface area contributed by atoms with Crippen molar-refractivity contribution in [1.82, 2.24) is 4.98 Å². The molecule has 0 bridgehead atoms. The molecule has 4 atom stereocenters. The van der Waals surface area contributed by atoms with Crippen LogP contribution in [0.25, 0.3) is 0 Å². The van der Waals surface area contributed by atoms with E-state index in [1.807, 2.05) is 0 Å². The van der Waals surface area contributed by atoms with Crippen molar-refractivity contribution in [3.8, 4) is 5.75 Å². The number of hydrogen-bond donors (Lipinski definition) is 2. The molecule has 0 spiro atoms. The molecule has 0 radical (unpaired) electrons. The van der Waals surface area contributed by atoms with Crippen molar-refractivity contribution in [2.75, 3.05) is 12.4 Å². The van der Waals surface area contributed by atoms with Crippen LogP contribution in [0.5, 0.6) is 5.75 Å². The van der Waals surface area contributed by atoms with Gasteiger partial charge in [0.1, 0.15) is 11.8 Å². The van der Waals surface area contributed by atoms with Gasteiger partial charge in [-0.15, -0.1) is 0 Å². The average molecular weight is 505 g/mol. The Morgan fingerprint density at radius 1 is 1.26 bits per heavy atom. The Labute approximate surface area is 195 Å². The molecular weight excluding hydrogens is 484 g/mol. The van der Waals surface area contributed by atoms with E-state index in [1.165, 1.54) is 6.07 Å². The third-order valence-corrected chi connectivity index (χ3v) is 6.16. The van der Waals surface area contributed by atoms with Crippen molar-refractivity contribution >= 4 is 17.5 Å². The molecular formula is C22H21F6N3O4. The van der Waals surface area contributed by atoms with E-state index in [0.29, 0.717) is 0 Å². The van der Waals surface area contributed by atoms with Crippen molar-refractivity contribution in [1.29, 1.82) is 0 Å². The molecule has 1 aliphatic rings. The molecule has 3 N–H and O–H groups in total. The standard InChI is InChI=1S/C22H21F6N3O4/c1-9-14(11-4-5-12(18(24)25)15(23)16(11)34-3)17(35-21(9,2)22(26,27)28)20(33)31-10-6-7-30-13(8-10)19(29)32/h4-9,14,17-18H,1-3H3,(H2,29,32)(H,30,31,33)/t9-,14+,17-,21-/m0/s1. The first kappa shape index (κ1) is 26.3. The molecule has 1 aliphatic heterocycles. The van der Waals surface area contributed by atoms with Gasteiger partial charge in [0.15, 0.2) is 17.2 Å². The summed E-state index contributed by atoms with van der Waals surface area (Å²) in [7, 11) is 0.970. The van der Waals surface area contributed by atoms with Crippen LogP contribution in [0.1, 0.15) is 47.8 Å². The topological polar surface area (TPSA) is 104 Å². The first-order chi connectivity index (χ1) is 16.2. The van der Waals surface area contributed by atoms with Crippen LogP contribution in [0.2, 0.25) is 0 Å². The zero-order valence-electron chi connectivity index (χ0n) is 18.6. The molecule has 3 rings (SSSR count). The van der Waals surface area contributed by atoms with Gasteiger partial charge in [0, 0.05) is 29.3 Å². The molecule has 0 saturated carbocycles. The molecule has 2 aromatic rings. The number of aromatic nitrogens is 1. The van der Waals surface area contributed by atoms with E-state index in [1.54, 1.807) is 0 Å². The Kier molecular flexibility index (Phi) is 7.02. The van der Waals surface area contributed by atoms with E-state index in [-0.39, 0.29) is 16.9 Å². The first-order valence-corrected chi connectivity index (χ1v) is 10.2. The molecule has 1 fully saturated rings. The van der Waals surface area contributed by atoms with Gasteiger partial charge in [0.2, 0.25) is 0 Å². The number of hydrogen-bond acceptors (Lipinski definition) is 5. The lowest BCUT2D eigenvalue weighted by molar-refractivity contribution is -0.272. The molecule has 7 nitrogen and oxygen atoms in total. The quantitative estimate of drug-likeness (QED) is 0.569. The normalized spacial score (nSPS) is 24.5. The third-order valence-electron chi connectivity index (χ3n) is 6.16. The zero-order valence-corrected chi connectivity index (χ0v) is 18.6. The summed E-state index contributed by atoms with van der Waals surface area (Å²) in [5, 5.41) is 2.34. The van der Waals surface area contributed by atoms with Crippen LogP contribution in [0, 0.1) is 11.7 Å². The van der Waals surface area contributed by atoms with Gasteiger partial charge in [-0.3, -0.25) is 14.6 Å². The number of carbonyl (C=O) groups excluding carboxylic acids is 2. The number of pyridine rings is 1. The molecule has 1 saturated heterocycles. The number of carbonyl (C=O) groups is 2. The lowest BCUT2D eigenvalue weighted by atomic mass is 9.76. The maximum Gasteiger partial charge on any atom is 0.417 e. The number of nitrogens with two attached hydrogens (primary N) is 1. The third kappa shape index (κ3) is 4.64. The number of nitrogens with zero attached hydrogens (tertiary/aromatic N) is 1. The summed E-state index contributed by atoms with van der Waals surface area (Å²) in [6, 6.07) is 4.09. The number of halogens is 6. The Morgan fingerprint density at radius 2 is 1.91 bits per heavy atom. The van der Waals surface area contributed by atoms with Gasteiger partial charge in [0.05, 0.1) is 12.7 Å². The van der Waals surface area contributed by atoms with Gasteiger partial charge in [-0.05, 0) is 25.1 Å². The van der Waals surface area contributed by atoms with E-state index in [2.05, 4.69) is 10.3 Å². The summed E-state index contributed by atoms with van der Waals surface area (Å²) in [6.45, 7) is 1.90. The van der Waals surface area contributed by atoms with Crippen molar-refractivity contribution in [3.63, 3.8) is 0 Å². The summed E-state index contributed by atoms with van der Waals surface area (Å²) in [4.78, 5) is 28.2. The fourth-order valence-corrected chi connectivity index (χ4v) is 4.10. The highest BCUT2D eigenvalue weighted by atomic mass is 19.4. The smallest absolute Gasteiger partial charge is 0.417 e. The molecule has 0 unspecified atom stereocenters. The summed E-state index contributed by atoms with van der Waals surface area (Å²) in [5.41, 5.74) is 0.816. The van der Waals surface area contributed by atoms with Gasteiger partial charge in [-0.1, -0.05) is 13.0 Å². The number of nitrogens with one attached hydrogen (secondary N) is 1. The zero-order chi connectivity index (χ0) is 26.3. The Morgan fingerprint density at radius 3 is 2.46 bits per heavy atom. The number of primary amides is 1. The lowest BCUT2D eigenvalue weighted by Crippen LogP contribution is -2.47. The predicted octanol–water partition coefficient (Wildman–Crippen LogP) is 4.34. The maximum atomic E-state index is 14.8. The number of alkyl halides is 5. The van der Waals surface area contributed by atoms with Crippen LogP contribution in [0.15, 0.2) is 30.5 Å². The van der Waals surface area contributed by atoms with Crippen molar-refractivity contribution in [2.24, 2.45) is 11.7 Å². The molecule has 2 heterocycles. The predicted molar refractivity (Wildman–Crippen MR) is 111 cm³/mol. The van der Waals surface area contributed by atoms with E-state index in [0.717, 1.165) is 45.4 Å². The highest BCUT2D eigenvalue weighted by Crippen LogP contribution is 2.55. The van der Waals surface area contributed by atoms with Crippen LogP contribution >= 0.6 is 0 Å². The van der Waals surface area contributed by atoms with E-state index in [9.17, 15) is 35.9 Å². The molecule has 190 valence electrons. The fraction of sp³-hybridized carbons (Fsp3) is 0.409. The number of ether oxygens (including phenoxy) is 2. The molecule has 1 aromatic heterocycles. The number of anilines is 1. The molecule has 0 aliphatic carbocycles. The SMILES string of the molecule is COc1c([C@@H]2[C@@H](C(=O)Nc3ccnc(C(N)=O)c3)O[C@](C)(C(F)(F)F)[C@H]2C)ccc(C(F)F)c1F. The van der Waals surface area contributed by atoms with Gasteiger partial charge in [-0.2, -0.15) is 13.2 Å². The van der Waals surface area contributed by atoms with Gasteiger partial charge < -0.3 is 20.5 Å². The Hall–Kier alpha value is -3.35. The minimum Gasteiger partial charge on any atom is -0.493 e. The number of amides is 2. The monoisotopic (exact) mass is 505 g/mol. The summed E-state index contributed by atoms with van der Waals surface area (Å²) >= 11 is 0. The molecule has 35 heavy (non-hydrogen) atoms. The van der Waals surface area contributed by atoms with Crippen molar-refractivity contribution in [3.05, 3.63) is 53.1 Å². The van der Waals surface area contributed by atoms with Gasteiger partial charge in [0.25, 0.3) is 18.2 Å². The average Bonchev–Trinajstić information content (AvgIpc) is 3.05. The number of benzene rings is 1. The van der Waals surface area contributed by atoms with Crippen LogP contribution in [-0.4, -0.2) is 41.8 Å². The van der Waals surface area contributed by atoms with Crippen LogP contribution in [0.3, 0.4) is 0 Å². The number of rotatable bonds is 6. The molecule has 2 amide bonds. The van der Waals surface area contributed by atoms with Gasteiger partial charge >= 0.3 is 6.18 Å². The minimum absolute atomic E-state index is 0.0133. The lowest BCUT2D eigenvalue weighted by Gasteiger charge is -2.32. The highest BCUT2D eigenvalue weighted by molar-refractivity contribution is 5.97. The molecule has 13 heteroatoms. The van der Waals surface area contributed by atoms with Crippen molar-refractivity contribution < 1.29 is 45.4 Å². The summed E-state index contributed by atoms with van der Waals surface area (Å²) in [5.74, 6) is -7.05. The number of methoxy groups -OCH3 is 1. The fourth-order valence-electron chi connectivity index (χ4n) is 4.10. The summed E-state index contributed by atoms with van der Waals surface area (Å²) < 4.78 is 93.3. The minimum atomic E-state index is -4.94. The van der Waals surface area contributed by atoms with E-state index in [4.69, 9.17) is 15.2 Å². The maximum absolute atomic E-state index is 14.8. The second kappa shape index (κ2) is 9.36.